The molecule has 3 heterocycles. The maximum atomic E-state index is 4.87. The Morgan fingerprint density at radius 1 is 1.15 bits per heavy atom. The van der Waals surface area contributed by atoms with E-state index in [0.717, 1.165) is 64.4 Å². The Bertz CT molecular complexity index is 1140. The first-order valence-corrected chi connectivity index (χ1v) is 11.7. The lowest BCUT2D eigenvalue weighted by Gasteiger charge is -2.17. The fourth-order valence-corrected chi connectivity index (χ4v) is 4.51. The van der Waals surface area contributed by atoms with E-state index < -0.39 is 0 Å². The normalized spacial score (nSPS) is 18.1. The Labute approximate surface area is 195 Å². The Morgan fingerprint density at radius 3 is 2.61 bits per heavy atom. The molecule has 1 fully saturated rings. The van der Waals surface area contributed by atoms with Crippen LogP contribution in [0.25, 0.3) is 23.5 Å². The summed E-state index contributed by atoms with van der Waals surface area (Å²) in [6, 6.07) is 4.38. The fraction of sp³-hybridized carbons (Fsp3) is 0.385. The molecule has 1 aliphatic carbocycles. The fourth-order valence-electron chi connectivity index (χ4n) is 4.51. The smallest absolute Gasteiger partial charge is 0.229 e. The van der Waals surface area contributed by atoms with E-state index >= 15 is 0 Å². The van der Waals surface area contributed by atoms with Gasteiger partial charge in [0.25, 0.3) is 0 Å². The Kier molecular flexibility index (Phi) is 6.87. The zero-order chi connectivity index (χ0) is 23.4. The zero-order valence-corrected chi connectivity index (χ0v) is 19.9. The van der Waals surface area contributed by atoms with Gasteiger partial charge in [-0.2, -0.15) is 4.98 Å². The molecule has 3 N–H and O–H groups in total. The number of H-pyrrole nitrogens is 1. The number of aromatic amines is 1. The van der Waals surface area contributed by atoms with Crippen LogP contribution >= 0.6 is 0 Å². The second-order valence-electron chi connectivity index (χ2n) is 8.74. The van der Waals surface area contributed by atoms with Gasteiger partial charge in [-0.3, -0.25) is 4.98 Å². The molecule has 0 saturated heterocycles. The molecule has 4 rings (SSSR count). The summed E-state index contributed by atoms with van der Waals surface area (Å²) in [7, 11) is 0. The molecule has 3 aromatic heterocycles. The quantitative estimate of drug-likeness (QED) is 0.379. The highest BCUT2D eigenvalue weighted by Crippen LogP contribution is 2.33. The number of aromatic nitrogens is 5. The SMILES string of the molecule is C=Cc1nc(-c2cnc(Nc3cc(C)nc(C)c3)nc2NC2CCC(CC)C2)[nH]c1/C=C\C. The van der Waals surface area contributed by atoms with Gasteiger partial charge >= 0.3 is 0 Å². The minimum atomic E-state index is 0.394. The van der Waals surface area contributed by atoms with E-state index in [9.17, 15) is 0 Å². The molecular weight excluding hydrogens is 410 g/mol. The van der Waals surface area contributed by atoms with Crippen LogP contribution in [0.5, 0.6) is 0 Å². The van der Waals surface area contributed by atoms with Crippen molar-refractivity contribution in [1.29, 1.82) is 0 Å². The zero-order valence-electron chi connectivity index (χ0n) is 19.9. The first-order valence-electron chi connectivity index (χ1n) is 11.7. The van der Waals surface area contributed by atoms with Crippen molar-refractivity contribution in [3.05, 3.63) is 53.8 Å². The molecule has 1 saturated carbocycles. The van der Waals surface area contributed by atoms with Crippen LogP contribution in [0.2, 0.25) is 0 Å². The van der Waals surface area contributed by atoms with Crippen LogP contribution in [0, 0.1) is 19.8 Å². The Balaban J connectivity index is 1.70. The molecule has 2 unspecified atom stereocenters. The van der Waals surface area contributed by atoms with Crippen molar-refractivity contribution in [2.24, 2.45) is 5.92 Å². The highest BCUT2D eigenvalue weighted by Gasteiger charge is 2.25. The maximum absolute atomic E-state index is 4.87. The Morgan fingerprint density at radius 2 is 1.94 bits per heavy atom. The monoisotopic (exact) mass is 443 g/mol. The molecule has 7 heteroatoms. The number of allylic oxidation sites excluding steroid dienone is 1. The lowest BCUT2D eigenvalue weighted by Crippen LogP contribution is -2.18. The largest absolute Gasteiger partial charge is 0.367 e. The van der Waals surface area contributed by atoms with Gasteiger partial charge in [-0.05, 0) is 70.2 Å². The van der Waals surface area contributed by atoms with Crippen molar-refractivity contribution in [2.75, 3.05) is 10.6 Å². The van der Waals surface area contributed by atoms with Crippen molar-refractivity contribution in [3.8, 4) is 11.4 Å². The van der Waals surface area contributed by atoms with Crippen LogP contribution in [0.1, 0.15) is 62.3 Å². The highest BCUT2D eigenvalue weighted by atomic mass is 15.2. The summed E-state index contributed by atoms with van der Waals surface area (Å²) in [6.45, 7) is 12.1. The molecule has 1 aliphatic rings. The van der Waals surface area contributed by atoms with Gasteiger partial charge in [-0.25, -0.2) is 9.97 Å². The van der Waals surface area contributed by atoms with E-state index in [4.69, 9.17) is 9.97 Å². The number of anilines is 3. The summed E-state index contributed by atoms with van der Waals surface area (Å²) in [5, 5.41) is 7.03. The summed E-state index contributed by atoms with van der Waals surface area (Å²) >= 11 is 0. The van der Waals surface area contributed by atoms with Gasteiger partial charge in [0.2, 0.25) is 5.95 Å². The third kappa shape index (κ3) is 5.30. The molecule has 0 spiro atoms. The summed E-state index contributed by atoms with van der Waals surface area (Å²) < 4.78 is 0. The number of pyridine rings is 1. The van der Waals surface area contributed by atoms with Crippen LogP contribution in [-0.2, 0) is 0 Å². The van der Waals surface area contributed by atoms with Crippen molar-refractivity contribution in [2.45, 2.75) is 59.4 Å². The van der Waals surface area contributed by atoms with Crippen molar-refractivity contribution < 1.29 is 0 Å². The molecule has 7 nitrogen and oxygen atoms in total. The highest BCUT2D eigenvalue weighted by molar-refractivity contribution is 5.74. The molecule has 172 valence electrons. The van der Waals surface area contributed by atoms with Crippen LogP contribution in [0.3, 0.4) is 0 Å². The van der Waals surface area contributed by atoms with E-state index in [1.165, 1.54) is 12.8 Å². The summed E-state index contributed by atoms with van der Waals surface area (Å²) in [5.74, 6) is 2.83. The lowest BCUT2D eigenvalue weighted by atomic mass is 10.1. The predicted octanol–water partition coefficient (Wildman–Crippen LogP) is 6.29. The van der Waals surface area contributed by atoms with Gasteiger partial charge in [0.05, 0.1) is 17.0 Å². The first kappa shape index (κ1) is 22.7. The molecular formula is C26H33N7. The minimum Gasteiger partial charge on any atom is -0.367 e. The molecule has 0 amide bonds. The van der Waals surface area contributed by atoms with Gasteiger partial charge in [0, 0.05) is 29.3 Å². The number of aryl methyl sites for hydroxylation is 2. The van der Waals surface area contributed by atoms with Crippen LogP contribution in [0.4, 0.5) is 17.5 Å². The number of nitrogens with one attached hydrogen (secondary N) is 3. The molecule has 33 heavy (non-hydrogen) atoms. The molecule has 3 aromatic rings. The van der Waals surface area contributed by atoms with Crippen LogP contribution < -0.4 is 10.6 Å². The maximum Gasteiger partial charge on any atom is 0.229 e. The van der Waals surface area contributed by atoms with Crippen molar-refractivity contribution >= 4 is 29.6 Å². The van der Waals surface area contributed by atoms with Crippen molar-refractivity contribution in [3.63, 3.8) is 0 Å². The number of imidazole rings is 1. The second kappa shape index (κ2) is 9.98. The van der Waals surface area contributed by atoms with E-state index in [0.29, 0.717) is 12.0 Å². The number of nitrogens with zero attached hydrogens (tertiary/aromatic N) is 4. The van der Waals surface area contributed by atoms with E-state index in [1.54, 1.807) is 6.08 Å². The third-order valence-electron chi connectivity index (χ3n) is 6.13. The number of rotatable bonds is 8. The Hall–Kier alpha value is -3.48. The summed E-state index contributed by atoms with van der Waals surface area (Å²) in [5.41, 5.74) is 5.41. The predicted molar refractivity (Wildman–Crippen MR) is 136 cm³/mol. The van der Waals surface area contributed by atoms with Crippen LogP contribution in [-0.4, -0.2) is 31.0 Å². The van der Waals surface area contributed by atoms with E-state index in [-0.39, 0.29) is 0 Å². The number of hydrogen-bond acceptors (Lipinski definition) is 6. The van der Waals surface area contributed by atoms with Gasteiger partial charge in [-0.1, -0.05) is 26.0 Å². The average molecular weight is 444 g/mol. The molecule has 0 radical (unpaired) electrons. The van der Waals surface area contributed by atoms with Gasteiger partial charge in [0.15, 0.2) is 0 Å². The topological polar surface area (TPSA) is 91.4 Å². The standard InChI is InChI=1S/C26H33N7/c1-6-9-23-22(8-3)31-25(32-23)21-15-27-26(30-20-12-16(4)28-17(5)13-20)33-24(21)29-19-11-10-18(7-2)14-19/h6,8-9,12-13,15,18-19H,3,7,10-11,14H2,1-2,4-5H3,(H,31,32)(H2,27,28,29,30,33)/b9-6-. The minimum absolute atomic E-state index is 0.394. The first-order chi connectivity index (χ1) is 16.0. The number of hydrogen-bond donors (Lipinski definition) is 3. The molecule has 2 atom stereocenters. The van der Waals surface area contributed by atoms with E-state index in [1.807, 2.05) is 51.3 Å². The third-order valence-corrected chi connectivity index (χ3v) is 6.13. The van der Waals surface area contributed by atoms with Gasteiger partial charge in [0.1, 0.15) is 11.6 Å². The summed E-state index contributed by atoms with van der Waals surface area (Å²) in [6.07, 6.45) is 12.3. The van der Waals surface area contributed by atoms with E-state index in [2.05, 4.69) is 39.1 Å². The molecule has 0 bridgehead atoms. The molecule has 0 aliphatic heterocycles. The molecule has 0 aromatic carbocycles. The van der Waals surface area contributed by atoms with Gasteiger partial charge in [-0.15, -0.1) is 0 Å². The second-order valence-corrected chi connectivity index (χ2v) is 8.74. The van der Waals surface area contributed by atoms with Crippen molar-refractivity contribution in [1.82, 2.24) is 24.9 Å². The summed E-state index contributed by atoms with van der Waals surface area (Å²) in [4.78, 5) is 22.1. The average Bonchev–Trinajstić information content (AvgIpc) is 3.40. The van der Waals surface area contributed by atoms with Crippen LogP contribution in [0.15, 0.2) is 31.0 Å². The lowest BCUT2D eigenvalue weighted by molar-refractivity contribution is 0.524. The van der Waals surface area contributed by atoms with Gasteiger partial charge < -0.3 is 15.6 Å².